The Labute approximate surface area is 380 Å². The minimum absolute atomic E-state index is 0. The first-order chi connectivity index (χ1) is 25.8. The number of benzene rings is 2. The van der Waals surface area contributed by atoms with Gasteiger partial charge in [0, 0.05) is 69.6 Å². The summed E-state index contributed by atoms with van der Waals surface area (Å²) in [5.41, 5.74) is 3.97. The number of anilines is 1. The number of nitrogens with one attached hydrogen (secondary N) is 1. The number of aryl methyl sites for hydroxylation is 1. The van der Waals surface area contributed by atoms with E-state index >= 15 is 0 Å². The largest absolute Gasteiger partial charge is 1.00 e. The predicted octanol–water partition coefficient (Wildman–Crippen LogP) is -1.80. The number of hydrogen-bond donors (Lipinski definition) is 2. The molecule has 0 aromatic heterocycles. The van der Waals surface area contributed by atoms with Gasteiger partial charge >= 0.3 is 65.1 Å². The number of nitrogens with zero attached hydrogens (tertiary/aromatic N) is 1. The van der Waals surface area contributed by atoms with Gasteiger partial charge in [0.1, 0.15) is 32.1 Å². The number of allylic oxidation sites excluding steroid dienone is 7. The van der Waals surface area contributed by atoms with Crippen molar-refractivity contribution in [2.75, 3.05) is 23.7 Å². The summed E-state index contributed by atoms with van der Waals surface area (Å²) in [6.45, 7) is 5.05. The fourth-order valence-corrected chi connectivity index (χ4v) is 11.3. The molecule has 0 radical (unpaired) electrons. The summed E-state index contributed by atoms with van der Waals surface area (Å²) in [6, 6.07) is 6.16. The average molecular weight is 861 g/mol. The van der Waals surface area contributed by atoms with Crippen molar-refractivity contribution < 1.29 is 113 Å². The van der Waals surface area contributed by atoms with E-state index in [-0.39, 0.29) is 94.6 Å². The molecule has 6 rings (SSSR count). The van der Waals surface area contributed by atoms with Gasteiger partial charge < -0.3 is 23.7 Å². The predicted molar refractivity (Wildman–Crippen MR) is 202 cm³/mol. The summed E-state index contributed by atoms with van der Waals surface area (Å²) in [5.74, 6) is -1.44. The van der Waals surface area contributed by atoms with Gasteiger partial charge in [0.25, 0.3) is 0 Å². The fourth-order valence-electron chi connectivity index (χ4n) is 9.15. The summed E-state index contributed by atoms with van der Waals surface area (Å²) in [4.78, 5) is 13.6. The van der Waals surface area contributed by atoms with Crippen LogP contribution in [0.15, 0.2) is 81.9 Å². The van der Waals surface area contributed by atoms with Gasteiger partial charge in [0.2, 0.25) is 0 Å². The van der Waals surface area contributed by atoms with Gasteiger partial charge in [-0.05, 0) is 69.2 Å². The second-order valence-corrected chi connectivity index (χ2v) is 19.6. The zero-order chi connectivity index (χ0) is 40.0. The van der Waals surface area contributed by atoms with Crippen LogP contribution >= 0.6 is 0 Å². The molecular formula is C39H46N2Na2O11S3. The van der Waals surface area contributed by atoms with E-state index in [1.165, 1.54) is 12.1 Å². The molecule has 3 atom stereocenters. The van der Waals surface area contributed by atoms with Crippen LogP contribution in [0.1, 0.15) is 93.9 Å². The zero-order valence-electron chi connectivity index (χ0n) is 32.9. The Balaban J connectivity index is 0.00000360. The summed E-state index contributed by atoms with van der Waals surface area (Å²) in [5, 5.41) is 9.12. The Hall–Kier alpha value is -1.64. The van der Waals surface area contributed by atoms with Crippen molar-refractivity contribution in [3.8, 4) is 0 Å². The van der Waals surface area contributed by atoms with E-state index in [0.29, 0.717) is 56.3 Å². The summed E-state index contributed by atoms with van der Waals surface area (Å²) in [7, 11) is -14.2. The van der Waals surface area contributed by atoms with Crippen molar-refractivity contribution in [2.45, 2.75) is 105 Å². The quantitative estimate of drug-likeness (QED) is 0.0828. The van der Waals surface area contributed by atoms with Crippen LogP contribution in [0.3, 0.4) is 0 Å². The van der Waals surface area contributed by atoms with Crippen molar-refractivity contribution in [1.82, 2.24) is 0 Å². The second kappa shape index (κ2) is 18.5. The summed E-state index contributed by atoms with van der Waals surface area (Å²) >= 11 is 0. The van der Waals surface area contributed by atoms with E-state index in [4.69, 9.17) is 5.11 Å². The third kappa shape index (κ3) is 10.1. The van der Waals surface area contributed by atoms with Crippen molar-refractivity contribution in [1.29, 1.82) is 0 Å². The number of carboxylic acid groups (broad SMARTS) is 1. The Bertz CT molecular complexity index is 2360. The molecule has 0 saturated heterocycles. The Kier molecular flexibility index (Phi) is 15.6. The molecule has 0 bridgehead atoms. The number of unbranched alkanes of at least 4 members (excludes halogenated alkanes) is 3. The number of carbonyl (C=O) groups is 1. The number of aliphatic carboxylic acids is 1. The smallest absolute Gasteiger partial charge is 0.748 e. The SMILES string of the molecule is CC1(CCCCS(=O)(=O)[O-])C(/C=C/C=C/C=C2\N3CCCc4ccc(S(=O)(=O)[O-])c(c43)C2(C)CCCCCC(=O)O)=C[NH+]2CCc3ccc(S(=O)(=O)[O-])c1c32.[Na+].[Na+]. The van der Waals surface area contributed by atoms with Crippen LogP contribution in [-0.4, -0.2) is 68.8 Å². The molecule has 0 spiro atoms. The van der Waals surface area contributed by atoms with Gasteiger partial charge in [-0.15, -0.1) is 0 Å². The Morgan fingerprint density at radius 3 is 2.09 bits per heavy atom. The molecule has 57 heavy (non-hydrogen) atoms. The van der Waals surface area contributed by atoms with Crippen molar-refractivity contribution in [2.24, 2.45) is 0 Å². The molecule has 0 fully saturated rings. The van der Waals surface area contributed by atoms with E-state index in [9.17, 15) is 43.7 Å². The molecule has 4 aliphatic rings. The maximum atomic E-state index is 12.6. The maximum absolute atomic E-state index is 12.6. The zero-order valence-corrected chi connectivity index (χ0v) is 39.3. The molecule has 4 heterocycles. The van der Waals surface area contributed by atoms with Crippen LogP contribution in [-0.2, 0) is 58.8 Å². The number of carboxylic acids is 1. The van der Waals surface area contributed by atoms with Crippen molar-refractivity contribution in [3.63, 3.8) is 0 Å². The first-order valence-corrected chi connectivity index (χ1v) is 23.0. The van der Waals surface area contributed by atoms with Crippen LogP contribution in [0.2, 0.25) is 0 Å². The first-order valence-electron chi connectivity index (χ1n) is 18.6. The normalized spacial score (nSPS) is 23.3. The average Bonchev–Trinajstić information content (AvgIpc) is 3.61. The van der Waals surface area contributed by atoms with Gasteiger partial charge in [0.05, 0.1) is 26.5 Å². The number of rotatable bonds is 16. The molecule has 3 unspecified atom stereocenters. The standard InChI is InChI=1S/C39H48N2O11S3.2Na/c1-38(21-9-10-25-53(44,45)46)29(26-40-24-20-28-17-19-30(54(47,48)49)34(38)36(28)40)13-5-3-6-14-32-39(2,22-8-4-7-15-33(42)43)35-31(55(50,51)52)18-16-27-12-11-23-41(32)37(27)35;;/h3,5-6,13-14,16-19,26H,4,7-12,15,20-25H2,1-2H3,(H,42,43)(H,44,45,46)(H,47,48,49)(H,50,51,52);;/q;2*+1/p-2/b6-3+,13-5+,32-14-;;. The second-order valence-electron chi connectivity index (χ2n) is 15.3. The third-order valence-electron chi connectivity index (χ3n) is 11.7. The van der Waals surface area contributed by atoms with Crippen LogP contribution in [0.5, 0.6) is 0 Å². The van der Waals surface area contributed by atoms with Crippen LogP contribution in [0, 0.1) is 0 Å². The van der Waals surface area contributed by atoms with E-state index in [1.54, 1.807) is 24.3 Å². The monoisotopic (exact) mass is 860 g/mol. The number of hydrogen-bond acceptors (Lipinski definition) is 11. The van der Waals surface area contributed by atoms with Gasteiger partial charge in [0.15, 0.2) is 0 Å². The molecule has 0 aliphatic carbocycles. The third-order valence-corrected chi connectivity index (χ3v) is 14.2. The fraction of sp³-hybridized carbons (Fsp3) is 0.462. The molecule has 0 amide bonds. The molecule has 18 heteroatoms. The molecule has 13 nitrogen and oxygen atoms in total. The molecule has 0 saturated carbocycles. The maximum Gasteiger partial charge on any atom is 1.00 e. The molecule has 298 valence electrons. The van der Waals surface area contributed by atoms with Crippen molar-refractivity contribution >= 4 is 47.7 Å². The van der Waals surface area contributed by atoms with Crippen LogP contribution in [0.25, 0.3) is 0 Å². The molecule has 2 N–H and O–H groups in total. The van der Waals surface area contributed by atoms with Gasteiger partial charge in [-0.1, -0.05) is 62.6 Å². The number of quaternary nitrogens is 1. The van der Waals surface area contributed by atoms with Crippen LogP contribution in [0.4, 0.5) is 11.4 Å². The van der Waals surface area contributed by atoms with Crippen LogP contribution < -0.4 is 68.9 Å². The van der Waals surface area contributed by atoms with E-state index in [2.05, 4.69) is 4.90 Å². The van der Waals surface area contributed by atoms with E-state index < -0.39 is 52.9 Å². The summed E-state index contributed by atoms with van der Waals surface area (Å²) in [6.07, 6.45) is 16.2. The minimum Gasteiger partial charge on any atom is -0.748 e. The van der Waals surface area contributed by atoms with E-state index in [1.807, 2.05) is 38.3 Å². The van der Waals surface area contributed by atoms with E-state index in [0.717, 1.165) is 51.5 Å². The van der Waals surface area contributed by atoms with Gasteiger partial charge in [-0.2, -0.15) is 0 Å². The summed E-state index contributed by atoms with van der Waals surface area (Å²) < 4.78 is 110. The molecule has 4 aliphatic heterocycles. The molecule has 2 aromatic carbocycles. The van der Waals surface area contributed by atoms with Gasteiger partial charge in [-0.3, -0.25) is 9.69 Å². The first kappa shape index (κ1) is 48.0. The minimum atomic E-state index is -4.88. The molecule has 2 aromatic rings. The topological polar surface area (TPSA) is 217 Å². The van der Waals surface area contributed by atoms with Crippen molar-refractivity contribution in [3.05, 3.63) is 94.4 Å². The van der Waals surface area contributed by atoms with Gasteiger partial charge in [-0.25, -0.2) is 25.3 Å². The molecular weight excluding hydrogens is 815 g/mol. The Morgan fingerprint density at radius 1 is 0.807 bits per heavy atom. The Morgan fingerprint density at radius 2 is 1.44 bits per heavy atom.